The molecule has 5 nitrogen and oxygen atoms in total. The van der Waals surface area contributed by atoms with Crippen molar-refractivity contribution in [3.63, 3.8) is 0 Å². The van der Waals surface area contributed by atoms with Crippen LogP contribution in [0.1, 0.15) is 6.92 Å². The first-order chi connectivity index (χ1) is 4.42. The molecule has 0 aliphatic heterocycles. The summed E-state index contributed by atoms with van der Waals surface area (Å²) in [5.41, 5.74) is 0. The summed E-state index contributed by atoms with van der Waals surface area (Å²) in [6.07, 6.45) is 0. The Balaban J connectivity index is -0.000000405. The second-order valence-corrected chi connectivity index (χ2v) is 3.26. The molecule has 0 spiro atoms. The van der Waals surface area contributed by atoms with E-state index >= 15 is 0 Å². The molecule has 12 heavy (non-hydrogen) atoms. The third-order valence-corrected chi connectivity index (χ3v) is 1.34. The molecule has 0 bridgehead atoms. The molecule has 0 unspecified atom stereocenters. The van der Waals surface area contributed by atoms with Crippen LogP contribution in [0.25, 0.3) is 0 Å². The Bertz CT molecular complexity index is 217. The van der Waals surface area contributed by atoms with Gasteiger partial charge in [-0.2, -0.15) is 8.42 Å². The molecule has 0 fully saturated rings. The predicted molar refractivity (Wildman–Crippen MR) is 48.8 cm³/mol. The summed E-state index contributed by atoms with van der Waals surface area (Å²) in [6, 6.07) is 0. The van der Waals surface area contributed by atoms with Gasteiger partial charge in [0.15, 0.2) is 5.90 Å². The Kier molecular flexibility index (Phi) is 12.7. The maximum absolute atomic E-state index is 10.0. The summed E-state index contributed by atoms with van der Waals surface area (Å²) >= 11 is 0. The summed E-state index contributed by atoms with van der Waals surface area (Å²) < 4.78 is 32.6. The van der Waals surface area contributed by atoms with Crippen molar-refractivity contribution in [2.75, 3.05) is 12.4 Å². The molecule has 0 heterocycles. The average Bonchev–Trinajstić information content (AvgIpc) is 1.59. The van der Waals surface area contributed by atoms with Gasteiger partial charge in [0.2, 0.25) is 0 Å². The van der Waals surface area contributed by atoms with Crippen molar-refractivity contribution < 1.29 is 17.7 Å². The SMILES string of the molecule is CC(=N)OCCS(=O)(=O)O.Cl.[Na]. The first-order valence-electron chi connectivity index (χ1n) is 2.55. The topological polar surface area (TPSA) is 87.5 Å². The third kappa shape index (κ3) is 17.0. The van der Waals surface area contributed by atoms with E-state index in [4.69, 9.17) is 9.96 Å². The molecule has 0 aromatic carbocycles. The normalized spacial score (nSPS) is 9.17. The second kappa shape index (κ2) is 8.28. The molecule has 69 valence electrons. The second-order valence-electron chi connectivity index (χ2n) is 1.69. The van der Waals surface area contributed by atoms with Gasteiger partial charge < -0.3 is 4.74 Å². The van der Waals surface area contributed by atoms with Crippen LogP contribution >= 0.6 is 12.4 Å². The molecular formula is C4H10ClNNaO4S. The van der Waals surface area contributed by atoms with Crippen LogP contribution in [0.5, 0.6) is 0 Å². The fourth-order valence-electron chi connectivity index (χ4n) is 0.300. The third-order valence-electron chi connectivity index (χ3n) is 0.660. The molecule has 0 amide bonds. The van der Waals surface area contributed by atoms with Gasteiger partial charge in [0.05, 0.1) is 0 Å². The van der Waals surface area contributed by atoms with Gasteiger partial charge in [0, 0.05) is 36.5 Å². The molecule has 0 aliphatic carbocycles. The quantitative estimate of drug-likeness (QED) is 0.305. The van der Waals surface area contributed by atoms with Gasteiger partial charge in [-0.05, 0) is 0 Å². The van der Waals surface area contributed by atoms with Gasteiger partial charge in [-0.1, -0.05) is 0 Å². The van der Waals surface area contributed by atoms with E-state index in [-0.39, 0.29) is 54.5 Å². The minimum atomic E-state index is -3.94. The van der Waals surface area contributed by atoms with Crippen LogP contribution in [0.4, 0.5) is 0 Å². The number of nitrogens with one attached hydrogen (secondary N) is 1. The fourth-order valence-corrected chi connectivity index (χ4v) is 0.594. The zero-order valence-electron chi connectivity index (χ0n) is 6.90. The van der Waals surface area contributed by atoms with E-state index in [1.54, 1.807) is 0 Å². The smallest absolute Gasteiger partial charge is 0.268 e. The summed E-state index contributed by atoms with van der Waals surface area (Å²) in [4.78, 5) is 0. The summed E-state index contributed by atoms with van der Waals surface area (Å²) in [6.45, 7) is 1.21. The fraction of sp³-hybridized carbons (Fsp3) is 0.750. The number of rotatable bonds is 3. The van der Waals surface area contributed by atoms with Crippen molar-refractivity contribution in [2.24, 2.45) is 0 Å². The van der Waals surface area contributed by atoms with Crippen LogP contribution in [0.3, 0.4) is 0 Å². The molecule has 0 aromatic rings. The van der Waals surface area contributed by atoms with Gasteiger partial charge >= 0.3 is 0 Å². The monoisotopic (exact) mass is 226 g/mol. The Hall–Kier alpha value is 0.670. The first-order valence-corrected chi connectivity index (χ1v) is 4.16. The first kappa shape index (κ1) is 18.5. The number of halogens is 1. The summed E-state index contributed by atoms with van der Waals surface area (Å²) in [7, 11) is -3.94. The van der Waals surface area contributed by atoms with Crippen molar-refractivity contribution in [3.8, 4) is 0 Å². The minimum Gasteiger partial charge on any atom is -0.480 e. The van der Waals surface area contributed by atoms with Crippen LogP contribution in [-0.4, -0.2) is 60.8 Å². The molecule has 1 radical (unpaired) electrons. The van der Waals surface area contributed by atoms with Crippen molar-refractivity contribution in [2.45, 2.75) is 6.92 Å². The molecule has 2 N–H and O–H groups in total. The maximum atomic E-state index is 10.0. The summed E-state index contributed by atoms with van der Waals surface area (Å²) in [5.74, 6) is -0.535. The van der Waals surface area contributed by atoms with E-state index in [1.165, 1.54) is 6.92 Å². The Morgan fingerprint density at radius 2 is 2.00 bits per heavy atom. The van der Waals surface area contributed by atoms with Crippen LogP contribution < -0.4 is 0 Å². The van der Waals surface area contributed by atoms with Gasteiger partial charge in [-0.25, -0.2) is 0 Å². The van der Waals surface area contributed by atoms with Gasteiger partial charge in [0.1, 0.15) is 12.4 Å². The van der Waals surface area contributed by atoms with Crippen LogP contribution in [0, 0.1) is 5.41 Å². The predicted octanol–water partition coefficient (Wildman–Crippen LogP) is -0.0710. The standard InChI is InChI=1S/C4H9NO4S.ClH.Na/c1-4(5)9-2-3-10(6,7)8;;/h5H,2-3H2,1H3,(H,6,7,8);1H;. The average molecular weight is 227 g/mol. The molecule has 0 atom stereocenters. The maximum Gasteiger partial charge on any atom is 0.268 e. The Labute approximate surface area is 99.8 Å². The zero-order valence-corrected chi connectivity index (χ0v) is 10.5. The minimum absolute atomic E-state index is 0. The van der Waals surface area contributed by atoms with E-state index in [2.05, 4.69) is 4.74 Å². The van der Waals surface area contributed by atoms with Gasteiger partial charge in [-0.3, -0.25) is 9.96 Å². The number of hydrogen-bond donors (Lipinski definition) is 2. The van der Waals surface area contributed by atoms with E-state index < -0.39 is 15.9 Å². The van der Waals surface area contributed by atoms with Crippen molar-refractivity contribution >= 4 is 58.0 Å². The molecular weight excluding hydrogens is 217 g/mol. The van der Waals surface area contributed by atoms with Gasteiger partial charge in [-0.15, -0.1) is 12.4 Å². The molecule has 0 aliphatic rings. The zero-order chi connectivity index (χ0) is 8.20. The van der Waals surface area contributed by atoms with E-state index in [9.17, 15) is 8.42 Å². The van der Waals surface area contributed by atoms with Crippen LogP contribution in [-0.2, 0) is 14.9 Å². The van der Waals surface area contributed by atoms with Crippen molar-refractivity contribution in [1.29, 1.82) is 5.41 Å². The number of hydrogen-bond acceptors (Lipinski definition) is 4. The summed E-state index contributed by atoms with van der Waals surface area (Å²) in [5, 5.41) is 6.70. The van der Waals surface area contributed by atoms with E-state index in [0.717, 1.165) is 0 Å². The van der Waals surface area contributed by atoms with E-state index in [1.807, 2.05) is 0 Å². The number of ether oxygens (including phenoxy) is 1. The molecule has 0 aromatic heterocycles. The largest absolute Gasteiger partial charge is 0.480 e. The van der Waals surface area contributed by atoms with Crippen molar-refractivity contribution in [1.82, 2.24) is 0 Å². The molecule has 0 rings (SSSR count). The van der Waals surface area contributed by atoms with Crippen LogP contribution in [0.2, 0.25) is 0 Å². The van der Waals surface area contributed by atoms with E-state index in [0.29, 0.717) is 0 Å². The molecule has 8 heteroatoms. The Morgan fingerprint density at radius 1 is 1.58 bits per heavy atom. The Morgan fingerprint density at radius 3 is 2.25 bits per heavy atom. The van der Waals surface area contributed by atoms with Crippen molar-refractivity contribution in [3.05, 3.63) is 0 Å². The van der Waals surface area contributed by atoms with Gasteiger partial charge in [0.25, 0.3) is 10.1 Å². The van der Waals surface area contributed by atoms with Crippen LogP contribution in [0.15, 0.2) is 0 Å². The molecule has 0 saturated carbocycles. The molecule has 0 saturated heterocycles.